The fourth-order valence-electron chi connectivity index (χ4n) is 3.41. The van der Waals surface area contributed by atoms with Crippen molar-refractivity contribution in [1.82, 2.24) is 10.2 Å². The van der Waals surface area contributed by atoms with Crippen molar-refractivity contribution < 1.29 is 0 Å². The maximum atomic E-state index is 3.73. The first kappa shape index (κ1) is 16.0. The molecule has 1 aromatic heterocycles. The highest BCUT2D eigenvalue weighted by Crippen LogP contribution is 2.35. The zero-order valence-electron chi connectivity index (χ0n) is 13.6. The average molecular weight is 295 g/mol. The van der Waals surface area contributed by atoms with Crippen LogP contribution in [0.4, 0.5) is 0 Å². The van der Waals surface area contributed by atoms with Gasteiger partial charge in [-0.25, -0.2) is 0 Å². The molecule has 0 bridgehead atoms. The van der Waals surface area contributed by atoms with Crippen LogP contribution in [0.2, 0.25) is 0 Å². The fraction of sp³-hybridized carbons (Fsp3) is 0.765. The van der Waals surface area contributed by atoms with Gasteiger partial charge in [0.1, 0.15) is 0 Å². The minimum Gasteiger partial charge on any atom is -0.311 e. The zero-order chi connectivity index (χ0) is 14.7. The SMILES string of the molecule is CCC1CN(C(c2cccs2)C(C)C)C(C(C)C)CN1. The number of piperazine rings is 1. The first-order chi connectivity index (χ1) is 9.54. The van der Waals surface area contributed by atoms with Gasteiger partial charge in [-0.3, -0.25) is 4.90 Å². The highest BCUT2D eigenvalue weighted by atomic mass is 32.1. The van der Waals surface area contributed by atoms with Crippen molar-refractivity contribution in [2.24, 2.45) is 11.8 Å². The zero-order valence-corrected chi connectivity index (χ0v) is 14.4. The van der Waals surface area contributed by atoms with Crippen LogP contribution in [-0.4, -0.2) is 30.1 Å². The largest absolute Gasteiger partial charge is 0.311 e. The van der Waals surface area contributed by atoms with Gasteiger partial charge in [0.05, 0.1) is 0 Å². The van der Waals surface area contributed by atoms with Gasteiger partial charge in [0.25, 0.3) is 0 Å². The quantitative estimate of drug-likeness (QED) is 0.877. The van der Waals surface area contributed by atoms with E-state index in [4.69, 9.17) is 0 Å². The van der Waals surface area contributed by atoms with E-state index in [1.165, 1.54) is 17.8 Å². The summed E-state index contributed by atoms with van der Waals surface area (Å²) < 4.78 is 0. The van der Waals surface area contributed by atoms with E-state index in [0.717, 1.165) is 6.54 Å². The molecule has 20 heavy (non-hydrogen) atoms. The Morgan fingerprint density at radius 2 is 2.10 bits per heavy atom. The first-order valence-electron chi connectivity index (χ1n) is 8.07. The number of thiophene rings is 1. The fourth-order valence-corrected chi connectivity index (χ4v) is 4.42. The molecule has 114 valence electrons. The molecule has 0 radical (unpaired) electrons. The molecule has 2 nitrogen and oxygen atoms in total. The summed E-state index contributed by atoms with van der Waals surface area (Å²) in [5, 5.41) is 5.95. The van der Waals surface area contributed by atoms with Gasteiger partial charge in [0.2, 0.25) is 0 Å². The molecule has 0 saturated carbocycles. The Kier molecular flexibility index (Phi) is 5.65. The Morgan fingerprint density at radius 3 is 2.60 bits per heavy atom. The molecule has 2 rings (SSSR count). The third kappa shape index (κ3) is 3.44. The summed E-state index contributed by atoms with van der Waals surface area (Å²) in [5.74, 6) is 1.35. The second-order valence-corrected chi connectivity index (χ2v) is 7.71. The van der Waals surface area contributed by atoms with Crippen LogP contribution < -0.4 is 5.32 Å². The lowest BCUT2D eigenvalue weighted by molar-refractivity contribution is 0.0357. The van der Waals surface area contributed by atoms with E-state index in [9.17, 15) is 0 Å². The van der Waals surface area contributed by atoms with Crippen LogP contribution in [0.3, 0.4) is 0 Å². The highest BCUT2D eigenvalue weighted by Gasteiger charge is 2.36. The summed E-state index contributed by atoms with van der Waals surface area (Å²) in [7, 11) is 0. The monoisotopic (exact) mass is 294 g/mol. The Hall–Kier alpha value is -0.380. The summed E-state index contributed by atoms with van der Waals surface area (Å²) in [6.07, 6.45) is 1.22. The van der Waals surface area contributed by atoms with Crippen LogP contribution in [0.25, 0.3) is 0 Å². The summed E-state index contributed by atoms with van der Waals surface area (Å²) in [6, 6.07) is 6.37. The van der Waals surface area contributed by atoms with E-state index in [0.29, 0.717) is 30.0 Å². The van der Waals surface area contributed by atoms with E-state index in [2.05, 4.69) is 62.3 Å². The summed E-state index contributed by atoms with van der Waals surface area (Å²) in [4.78, 5) is 4.31. The molecular formula is C17H30N2S. The molecule has 1 fully saturated rings. The van der Waals surface area contributed by atoms with E-state index >= 15 is 0 Å². The molecule has 0 aromatic carbocycles. The number of nitrogens with one attached hydrogen (secondary N) is 1. The lowest BCUT2D eigenvalue weighted by Gasteiger charge is -2.47. The van der Waals surface area contributed by atoms with Gasteiger partial charge >= 0.3 is 0 Å². The average Bonchev–Trinajstić information content (AvgIpc) is 2.91. The molecule has 1 aliphatic rings. The van der Waals surface area contributed by atoms with Gasteiger partial charge in [0.15, 0.2) is 0 Å². The van der Waals surface area contributed by atoms with Crippen molar-refractivity contribution in [3.63, 3.8) is 0 Å². The van der Waals surface area contributed by atoms with Crippen molar-refractivity contribution in [3.05, 3.63) is 22.4 Å². The van der Waals surface area contributed by atoms with E-state index < -0.39 is 0 Å². The molecule has 0 spiro atoms. The second-order valence-electron chi connectivity index (χ2n) is 6.73. The molecule has 1 N–H and O–H groups in total. The van der Waals surface area contributed by atoms with Crippen LogP contribution in [0.15, 0.2) is 17.5 Å². The maximum Gasteiger partial charge on any atom is 0.0468 e. The lowest BCUT2D eigenvalue weighted by Crippen LogP contribution is -2.59. The molecule has 3 atom stereocenters. The number of hydrogen-bond acceptors (Lipinski definition) is 3. The van der Waals surface area contributed by atoms with Gasteiger partial charge in [-0.05, 0) is 29.7 Å². The van der Waals surface area contributed by atoms with Crippen molar-refractivity contribution in [2.45, 2.75) is 59.2 Å². The Morgan fingerprint density at radius 1 is 1.35 bits per heavy atom. The van der Waals surface area contributed by atoms with Crippen molar-refractivity contribution in [1.29, 1.82) is 0 Å². The van der Waals surface area contributed by atoms with E-state index in [1.807, 2.05) is 11.3 Å². The van der Waals surface area contributed by atoms with Gasteiger partial charge in [0, 0.05) is 36.1 Å². The molecule has 3 unspecified atom stereocenters. The third-order valence-corrected chi connectivity index (χ3v) is 5.50. The summed E-state index contributed by atoms with van der Waals surface area (Å²) >= 11 is 1.91. The third-order valence-electron chi connectivity index (χ3n) is 4.56. The van der Waals surface area contributed by atoms with E-state index in [-0.39, 0.29) is 0 Å². The number of nitrogens with zero attached hydrogens (tertiary/aromatic N) is 1. The predicted octanol–water partition coefficient (Wildman–Crippen LogP) is 4.15. The lowest BCUT2D eigenvalue weighted by atomic mass is 9.91. The summed E-state index contributed by atoms with van der Waals surface area (Å²) in [5.41, 5.74) is 0. The highest BCUT2D eigenvalue weighted by molar-refractivity contribution is 7.10. The normalized spacial score (nSPS) is 26.4. The van der Waals surface area contributed by atoms with Crippen LogP contribution >= 0.6 is 11.3 Å². The molecular weight excluding hydrogens is 264 g/mol. The van der Waals surface area contributed by atoms with Crippen LogP contribution in [-0.2, 0) is 0 Å². The molecule has 0 aliphatic carbocycles. The number of rotatable bonds is 5. The minimum atomic E-state index is 0.568. The maximum absolute atomic E-state index is 3.73. The molecule has 1 aromatic rings. The van der Waals surface area contributed by atoms with Gasteiger partial charge in [-0.2, -0.15) is 0 Å². The topological polar surface area (TPSA) is 15.3 Å². The van der Waals surface area contributed by atoms with Crippen molar-refractivity contribution >= 4 is 11.3 Å². The van der Waals surface area contributed by atoms with Gasteiger partial charge in [-0.1, -0.05) is 40.7 Å². The Labute approximate surface area is 128 Å². The van der Waals surface area contributed by atoms with Crippen molar-refractivity contribution in [3.8, 4) is 0 Å². The van der Waals surface area contributed by atoms with Gasteiger partial charge in [-0.15, -0.1) is 11.3 Å². The van der Waals surface area contributed by atoms with E-state index in [1.54, 1.807) is 0 Å². The molecule has 3 heteroatoms. The smallest absolute Gasteiger partial charge is 0.0468 e. The van der Waals surface area contributed by atoms with Crippen LogP contribution in [0, 0.1) is 11.8 Å². The van der Waals surface area contributed by atoms with Crippen LogP contribution in [0.1, 0.15) is 52.0 Å². The Balaban J connectivity index is 2.26. The summed E-state index contributed by atoms with van der Waals surface area (Å²) in [6.45, 7) is 14.1. The second kappa shape index (κ2) is 7.06. The molecule has 2 heterocycles. The molecule has 0 amide bonds. The standard InChI is InChI=1S/C17H30N2S/c1-6-14-11-19(15(10-18-14)12(2)3)17(13(4)5)16-8-7-9-20-16/h7-9,12-15,17-18H,6,10-11H2,1-5H3. The van der Waals surface area contributed by atoms with Gasteiger partial charge < -0.3 is 5.32 Å². The minimum absolute atomic E-state index is 0.568. The van der Waals surface area contributed by atoms with Crippen molar-refractivity contribution in [2.75, 3.05) is 13.1 Å². The number of hydrogen-bond donors (Lipinski definition) is 1. The van der Waals surface area contributed by atoms with Crippen LogP contribution in [0.5, 0.6) is 0 Å². The Bertz CT molecular complexity index is 386. The molecule has 1 saturated heterocycles. The predicted molar refractivity (Wildman–Crippen MR) is 89.3 cm³/mol. The molecule has 1 aliphatic heterocycles. The first-order valence-corrected chi connectivity index (χ1v) is 8.95.